The van der Waals surface area contributed by atoms with Crippen LogP contribution < -0.4 is 15.8 Å². The van der Waals surface area contributed by atoms with Crippen molar-refractivity contribution in [3.8, 4) is 5.75 Å². The average molecular weight is 335 g/mol. The summed E-state index contributed by atoms with van der Waals surface area (Å²) < 4.78 is 6.35. The number of nitrogens with two attached hydrogens (primary N) is 1. The molecular weight excluding hydrogens is 320 g/mol. The molecule has 0 heterocycles. The largest absolute Gasteiger partial charge is 0.484 e. The fourth-order valence-electron chi connectivity index (χ4n) is 1.61. The number of ether oxygens (including phenoxy) is 1. The van der Waals surface area contributed by atoms with Crippen LogP contribution in [0.3, 0.4) is 0 Å². The Bertz CT molecular complexity index is 585. The third kappa shape index (κ3) is 4.59. The number of amides is 1. The zero-order valence-corrected chi connectivity index (χ0v) is 12.4. The van der Waals surface area contributed by atoms with Crippen LogP contribution in [0.5, 0.6) is 5.75 Å². The molecule has 2 aromatic rings. The Morgan fingerprint density at radius 1 is 1.20 bits per heavy atom. The van der Waals surface area contributed by atoms with Crippen molar-refractivity contribution in [2.24, 2.45) is 0 Å². The van der Waals surface area contributed by atoms with Gasteiger partial charge in [-0.2, -0.15) is 0 Å². The highest BCUT2D eigenvalue weighted by Crippen LogP contribution is 2.13. The van der Waals surface area contributed by atoms with Crippen LogP contribution in [0.1, 0.15) is 5.56 Å². The van der Waals surface area contributed by atoms with Gasteiger partial charge in [0.05, 0.1) is 0 Å². The highest BCUT2D eigenvalue weighted by molar-refractivity contribution is 9.10. The Kier molecular flexibility index (Phi) is 5.01. The number of carbonyl (C=O) groups is 1. The predicted octanol–water partition coefficient (Wildman–Crippen LogP) is 2.73. The summed E-state index contributed by atoms with van der Waals surface area (Å²) in [6.45, 7) is 0.460. The summed E-state index contributed by atoms with van der Waals surface area (Å²) in [5.74, 6) is 0.457. The van der Waals surface area contributed by atoms with Crippen molar-refractivity contribution in [2.75, 3.05) is 12.3 Å². The van der Waals surface area contributed by atoms with Gasteiger partial charge < -0.3 is 15.8 Å². The number of hydrogen-bond acceptors (Lipinski definition) is 3. The third-order valence-corrected chi connectivity index (χ3v) is 3.12. The summed E-state index contributed by atoms with van der Waals surface area (Å²) in [5.41, 5.74) is 7.26. The summed E-state index contributed by atoms with van der Waals surface area (Å²) in [4.78, 5) is 11.7. The Hall–Kier alpha value is -2.01. The molecule has 5 heteroatoms. The molecule has 104 valence electrons. The molecule has 1 amide bonds. The zero-order chi connectivity index (χ0) is 14.4. The molecule has 0 atom stereocenters. The van der Waals surface area contributed by atoms with E-state index in [1.54, 1.807) is 24.3 Å². The molecule has 4 nitrogen and oxygen atoms in total. The van der Waals surface area contributed by atoms with Gasteiger partial charge in [-0.1, -0.05) is 28.1 Å². The minimum atomic E-state index is -0.165. The number of benzene rings is 2. The van der Waals surface area contributed by atoms with Crippen molar-refractivity contribution in [3.05, 3.63) is 58.6 Å². The number of rotatable bonds is 5. The van der Waals surface area contributed by atoms with Crippen LogP contribution in [0.15, 0.2) is 53.0 Å². The van der Waals surface area contributed by atoms with Gasteiger partial charge in [-0.25, -0.2) is 0 Å². The first-order valence-corrected chi connectivity index (χ1v) is 6.92. The summed E-state index contributed by atoms with van der Waals surface area (Å²) in [6.07, 6.45) is 0. The van der Waals surface area contributed by atoms with E-state index in [0.29, 0.717) is 18.0 Å². The molecule has 0 spiro atoms. The SMILES string of the molecule is Nc1ccc(OCC(=O)NCc2cccc(Br)c2)cc1. The fourth-order valence-corrected chi connectivity index (χ4v) is 2.06. The summed E-state index contributed by atoms with van der Waals surface area (Å²) in [6, 6.07) is 14.7. The van der Waals surface area contributed by atoms with Gasteiger partial charge >= 0.3 is 0 Å². The van der Waals surface area contributed by atoms with Crippen LogP contribution in [0, 0.1) is 0 Å². The van der Waals surface area contributed by atoms with Crippen LogP contribution >= 0.6 is 15.9 Å². The van der Waals surface area contributed by atoms with Gasteiger partial charge in [-0.3, -0.25) is 4.79 Å². The number of nitrogen functional groups attached to an aromatic ring is 1. The van der Waals surface area contributed by atoms with Gasteiger partial charge in [0.15, 0.2) is 6.61 Å². The predicted molar refractivity (Wildman–Crippen MR) is 82.3 cm³/mol. The second kappa shape index (κ2) is 6.96. The monoisotopic (exact) mass is 334 g/mol. The molecule has 0 aliphatic rings. The van der Waals surface area contributed by atoms with E-state index < -0.39 is 0 Å². The minimum Gasteiger partial charge on any atom is -0.484 e. The van der Waals surface area contributed by atoms with Crippen LogP contribution in [-0.4, -0.2) is 12.5 Å². The molecule has 0 aliphatic heterocycles. The van der Waals surface area contributed by atoms with Gasteiger partial charge in [-0.05, 0) is 42.0 Å². The molecule has 0 bridgehead atoms. The molecule has 0 unspecified atom stereocenters. The van der Waals surface area contributed by atoms with E-state index in [0.717, 1.165) is 10.0 Å². The lowest BCUT2D eigenvalue weighted by molar-refractivity contribution is -0.123. The van der Waals surface area contributed by atoms with Crippen molar-refractivity contribution >= 4 is 27.5 Å². The van der Waals surface area contributed by atoms with E-state index >= 15 is 0 Å². The van der Waals surface area contributed by atoms with E-state index in [1.807, 2.05) is 24.3 Å². The maximum absolute atomic E-state index is 11.7. The van der Waals surface area contributed by atoms with Gasteiger partial charge in [0.2, 0.25) is 0 Å². The van der Waals surface area contributed by atoms with Gasteiger partial charge in [0.25, 0.3) is 5.91 Å². The summed E-state index contributed by atoms with van der Waals surface area (Å²) in [5, 5.41) is 2.80. The lowest BCUT2D eigenvalue weighted by Gasteiger charge is -2.08. The number of halogens is 1. The zero-order valence-electron chi connectivity index (χ0n) is 10.8. The van der Waals surface area contributed by atoms with Gasteiger partial charge in [-0.15, -0.1) is 0 Å². The second-order valence-electron chi connectivity index (χ2n) is 4.26. The summed E-state index contributed by atoms with van der Waals surface area (Å²) >= 11 is 3.39. The highest BCUT2D eigenvalue weighted by atomic mass is 79.9. The van der Waals surface area contributed by atoms with Crippen molar-refractivity contribution in [2.45, 2.75) is 6.54 Å². The van der Waals surface area contributed by atoms with Crippen LogP contribution in [0.4, 0.5) is 5.69 Å². The Labute approximate surface area is 126 Å². The molecule has 0 saturated carbocycles. The van der Waals surface area contributed by atoms with Crippen molar-refractivity contribution in [1.82, 2.24) is 5.32 Å². The first-order chi connectivity index (χ1) is 9.63. The lowest BCUT2D eigenvalue weighted by atomic mass is 10.2. The Balaban J connectivity index is 1.77. The summed E-state index contributed by atoms with van der Waals surface area (Å²) in [7, 11) is 0. The Morgan fingerprint density at radius 3 is 2.65 bits per heavy atom. The molecule has 0 aliphatic carbocycles. The number of carbonyl (C=O) groups excluding carboxylic acids is 1. The maximum atomic E-state index is 11.7. The van der Waals surface area contributed by atoms with E-state index in [9.17, 15) is 4.79 Å². The van der Waals surface area contributed by atoms with Crippen molar-refractivity contribution in [1.29, 1.82) is 0 Å². The topological polar surface area (TPSA) is 64.3 Å². The highest BCUT2D eigenvalue weighted by Gasteiger charge is 2.03. The lowest BCUT2D eigenvalue weighted by Crippen LogP contribution is -2.28. The molecule has 2 aromatic carbocycles. The van der Waals surface area contributed by atoms with Crippen LogP contribution in [0.25, 0.3) is 0 Å². The fraction of sp³-hybridized carbons (Fsp3) is 0.133. The van der Waals surface area contributed by atoms with E-state index in [-0.39, 0.29) is 12.5 Å². The molecular formula is C15H15BrN2O2. The molecule has 3 N–H and O–H groups in total. The van der Waals surface area contributed by atoms with E-state index in [1.165, 1.54) is 0 Å². The number of anilines is 1. The molecule has 0 aromatic heterocycles. The molecule has 20 heavy (non-hydrogen) atoms. The number of nitrogens with one attached hydrogen (secondary N) is 1. The van der Waals surface area contributed by atoms with Gasteiger partial charge in [0.1, 0.15) is 5.75 Å². The Morgan fingerprint density at radius 2 is 1.95 bits per heavy atom. The van der Waals surface area contributed by atoms with Crippen LogP contribution in [0.2, 0.25) is 0 Å². The van der Waals surface area contributed by atoms with Crippen molar-refractivity contribution < 1.29 is 9.53 Å². The first-order valence-electron chi connectivity index (χ1n) is 6.13. The second-order valence-corrected chi connectivity index (χ2v) is 5.18. The minimum absolute atomic E-state index is 0.0160. The molecule has 0 fully saturated rings. The molecule has 0 radical (unpaired) electrons. The number of hydrogen-bond donors (Lipinski definition) is 2. The van der Waals surface area contributed by atoms with Gasteiger partial charge in [0, 0.05) is 16.7 Å². The third-order valence-electron chi connectivity index (χ3n) is 2.63. The molecule has 2 rings (SSSR count). The normalized spacial score (nSPS) is 10.1. The quantitative estimate of drug-likeness (QED) is 0.826. The standard InChI is InChI=1S/C15H15BrN2O2/c16-12-3-1-2-11(8-12)9-18-15(19)10-20-14-6-4-13(17)5-7-14/h1-8H,9-10,17H2,(H,18,19). The smallest absolute Gasteiger partial charge is 0.258 e. The maximum Gasteiger partial charge on any atom is 0.258 e. The van der Waals surface area contributed by atoms with Crippen LogP contribution in [-0.2, 0) is 11.3 Å². The molecule has 0 saturated heterocycles. The average Bonchev–Trinajstić information content (AvgIpc) is 2.45. The van der Waals surface area contributed by atoms with E-state index in [4.69, 9.17) is 10.5 Å². The van der Waals surface area contributed by atoms with Crippen molar-refractivity contribution in [3.63, 3.8) is 0 Å². The first kappa shape index (κ1) is 14.4. The van der Waals surface area contributed by atoms with E-state index in [2.05, 4.69) is 21.2 Å².